The number of fused-ring (bicyclic) bond motifs is 1. The first-order valence-corrected chi connectivity index (χ1v) is 7.83. The van der Waals surface area contributed by atoms with Gasteiger partial charge in [0.1, 0.15) is 16.1 Å². The quantitative estimate of drug-likeness (QED) is 0.663. The number of aliphatic carboxylic acids is 1. The third kappa shape index (κ3) is 2.84. The second kappa shape index (κ2) is 5.90. The van der Waals surface area contributed by atoms with Crippen LogP contribution in [-0.2, 0) is 9.53 Å². The van der Waals surface area contributed by atoms with Crippen LogP contribution in [0.4, 0.5) is 5.13 Å². The molecule has 1 aliphatic rings. The van der Waals surface area contributed by atoms with Crippen molar-refractivity contribution in [3.05, 3.63) is 6.33 Å². The Balaban J connectivity index is 1.89. The van der Waals surface area contributed by atoms with E-state index in [0.717, 1.165) is 22.9 Å². The summed E-state index contributed by atoms with van der Waals surface area (Å²) in [5.74, 6) is -0.878. The van der Waals surface area contributed by atoms with Crippen LogP contribution in [0.1, 0.15) is 0 Å². The fraction of sp³-hybridized carbons (Fsp3) is 0.455. The van der Waals surface area contributed by atoms with Crippen molar-refractivity contribution in [3.8, 4) is 0 Å². The predicted molar refractivity (Wildman–Crippen MR) is 76.6 cm³/mol. The van der Waals surface area contributed by atoms with Crippen LogP contribution >= 0.6 is 23.1 Å². The normalized spacial score (nSPS) is 15.7. The number of morpholine rings is 1. The summed E-state index contributed by atoms with van der Waals surface area (Å²) in [6.45, 7) is 3.01. The van der Waals surface area contributed by atoms with E-state index in [4.69, 9.17) is 9.84 Å². The summed E-state index contributed by atoms with van der Waals surface area (Å²) in [5, 5.41) is 10.3. The van der Waals surface area contributed by atoms with E-state index in [9.17, 15) is 4.79 Å². The number of carboxylic acids is 1. The largest absolute Gasteiger partial charge is 0.481 e. The number of anilines is 1. The predicted octanol–water partition coefficient (Wildman–Crippen LogP) is 1.10. The first kappa shape index (κ1) is 13.5. The third-order valence-electron chi connectivity index (χ3n) is 2.76. The summed E-state index contributed by atoms with van der Waals surface area (Å²) >= 11 is 2.70. The molecule has 0 radical (unpaired) electrons. The van der Waals surface area contributed by atoms with E-state index in [1.807, 2.05) is 0 Å². The summed E-state index contributed by atoms with van der Waals surface area (Å²) in [6.07, 6.45) is 1.43. The van der Waals surface area contributed by atoms with Crippen molar-refractivity contribution in [2.75, 3.05) is 37.0 Å². The molecule has 20 heavy (non-hydrogen) atoms. The molecule has 0 saturated carbocycles. The Hall–Kier alpha value is -1.45. The number of carbonyl (C=O) groups is 1. The lowest BCUT2D eigenvalue weighted by atomic mass is 10.5. The maximum atomic E-state index is 10.7. The van der Waals surface area contributed by atoms with E-state index in [1.165, 1.54) is 29.4 Å². The summed E-state index contributed by atoms with van der Waals surface area (Å²) in [5.41, 5.74) is 0.624. The highest BCUT2D eigenvalue weighted by Crippen LogP contribution is 2.33. The van der Waals surface area contributed by atoms with Crippen molar-refractivity contribution >= 4 is 44.5 Å². The number of carboxylic acid groups (broad SMARTS) is 1. The second-order valence-electron chi connectivity index (χ2n) is 4.11. The fourth-order valence-electron chi connectivity index (χ4n) is 1.85. The molecular weight excluding hydrogens is 300 g/mol. The van der Waals surface area contributed by atoms with Gasteiger partial charge in [-0.3, -0.25) is 4.79 Å². The van der Waals surface area contributed by atoms with E-state index in [1.54, 1.807) is 0 Å². The second-order valence-corrected chi connectivity index (χ2v) is 6.05. The van der Waals surface area contributed by atoms with E-state index in [2.05, 4.69) is 19.9 Å². The minimum atomic E-state index is -0.861. The zero-order valence-corrected chi connectivity index (χ0v) is 12.1. The molecule has 9 heteroatoms. The van der Waals surface area contributed by atoms with Gasteiger partial charge in [0.05, 0.1) is 19.0 Å². The smallest absolute Gasteiger partial charge is 0.313 e. The van der Waals surface area contributed by atoms with Crippen LogP contribution in [0, 0.1) is 0 Å². The van der Waals surface area contributed by atoms with Gasteiger partial charge in [-0.25, -0.2) is 9.97 Å². The van der Waals surface area contributed by atoms with Crippen molar-refractivity contribution < 1.29 is 14.6 Å². The molecule has 0 unspecified atom stereocenters. The molecule has 1 aliphatic heterocycles. The van der Waals surface area contributed by atoms with Gasteiger partial charge in [0.2, 0.25) is 0 Å². The minimum absolute atomic E-state index is 0.0170. The lowest BCUT2D eigenvalue weighted by molar-refractivity contribution is -0.133. The van der Waals surface area contributed by atoms with E-state index >= 15 is 0 Å². The molecular formula is C11H12N4O3S2. The van der Waals surface area contributed by atoms with Gasteiger partial charge in [0.15, 0.2) is 10.8 Å². The Morgan fingerprint density at radius 1 is 1.45 bits per heavy atom. The maximum Gasteiger partial charge on any atom is 0.313 e. The van der Waals surface area contributed by atoms with Crippen molar-refractivity contribution in [2.45, 2.75) is 5.03 Å². The number of ether oxygens (including phenoxy) is 1. The van der Waals surface area contributed by atoms with Crippen molar-refractivity contribution in [1.82, 2.24) is 15.0 Å². The summed E-state index contributed by atoms with van der Waals surface area (Å²) in [6, 6.07) is 0. The van der Waals surface area contributed by atoms with Crippen LogP contribution in [0.3, 0.4) is 0 Å². The molecule has 106 valence electrons. The van der Waals surface area contributed by atoms with Gasteiger partial charge >= 0.3 is 5.97 Å². The number of thioether (sulfide) groups is 1. The molecule has 0 amide bonds. The lowest BCUT2D eigenvalue weighted by Crippen LogP contribution is -2.36. The molecule has 7 nitrogen and oxygen atoms in total. The number of aromatic nitrogens is 3. The Morgan fingerprint density at radius 3 is 3.00 bits per heavy atom. The Labute approximate surface area is 123 Å². The van der Waals surface area contributed by atoms with Gasteiger partial charge in [-0.1, -0.05) is 23.1 Å². The number of hydrogen-bond donors (Lipinski definition) is 1. The van der Waals surface area contributed by atoms with Crippen LogP contribution in [0.5, 0.6) is 0 Å². The monoisotopic (exact) mass is 312 g/mol. The summed E-state index contributed by atoms with van der Waals surface area (Å²) in [7, 11) is 0. The van der Waals surface area contributed by atoms with Gasteiger partial charge in [0.25, 0.3) is 0 Å². The average Bonchev–Trinajstić information content (AvgIpc) is 2.90. The van der Waals surface area contributed by atoms with Gasteiger partial charge in [0, 0.05) is 13.1 Å². The highest BCUT2D eigenvalue weighted by molar-refractivity contribution is 8.00. The molecule has 0 aliphatic carbocycles. The molecule has 0 bridgehead atoms. The first-order valence-electron chi connectivity index (χ1n) is 6.03. The van der Waals surface area contributed by atoms with Crippen LogP contribution in [0.25, 0.3) is 10.3 Å². The van der Waals surface area contributed by atoms with Crippen LogP contribution in [-0.4, -0.2) is 58.1 Å². The molecule has 2 aromatic rings. The lowest BCUT2D eigenvalue weighted by Gasteiger charge is -2.25. The highest BCUT2D eigenvalue weighted by Gasteiger charge is 2.18. The van der Waals surface area contributed by atoms with Crippen LogP contribution < -0.4 is 4.90 Å². The number of rotatable bonds is 4. The molecule has 3 rings (SSSR count). The Bertz CT molecular complexity index is 627. The number of nitrogens with zero attached hydrogens (tertiary/aromatic N) is 4. The number of thiazole rings is 1. The van der Waals surface area contributed by atoms with Gasteiger partial charge in [-0.15, -0.1) is 0 Å². The molecule has 0 aromatic carbocycles. The fourth-order valence-corrected chi connectivity index (χ4v) is 3.71. The van der Waals surface area contributed by atoms with E-state index in [0.29, 0.717) is 23.9 Å². The SMILES string of the molecule is O=C(O)CSc1ncnc2nc(N3CCOCC3)sc12. The molecule has 0 atom stereocenters. The molecule has 1 fully saturated rings. The summed E-state index contributed by atoms with van der Waals surface area (Å²) in [4.78, 5) is 25.6. The zero-order valence-electron chi connectivity index (χ0n) is 10.5. The van der Waals surface area contributed by atoms with Crippen LogP contribution in [0.15, 0.2) is 11.4 Å². The van der Waals surface area contributed by atoms with Gasteiger partial charge < -0.3 is 14.7 Å². The van der Waals surface area contributed by atoms with Crippen molar-refractivity contribution in [1.29, 1.82) is 0 Å². The van der Waals surface area contributed by atoms with Gasteiger partial charge in [-0.05, 0) is 0 Å². The van der Waals surface area contributed by atoms with Crippen LogP contribution in [0.2, 0.25) is 0 Å². The van der Waals surface area contributed by atoms with Gasteiger partial charge in [-0.2, -0.15) is 4.98 Å². The molecule has 1 N–H and O–H groups in total. The van der Waals surface area contributed by atoms with E-state index < -0.39 is 5.97 Å². The third-order valence-corrected chi connectivity index (χ3v) is 4.98. The van der Waals surface area contributed by atoms with E-state index in [-0.39, 0.29) is 5.75 Å². The van der Waals surface area contributed by atoms with Crippen molar-refractivity contribution in [2.24, 2.45) is 0 Å². The average molecular weight is 312 g/mol. The molecule has 2 aromatic heterocycles. The Kier molecular flexibility index (Phi) is 3.99. The molecule has 3 heterocycles. The molecule has 0 spiro atoms. The maximum absolute atomic E-state index is 10.7. The summed E-state index contributed by atoms with van der Waals surface area (Å²) < 4.78 is 6.17. The zero-order chi connectivity index (χ0) is 13.9. The van der Waals surface area contributed by atoms with Crippen molar-refractivity contribution in [3.63, 3.8) is 0 Å². The minimum Gasteiger partial charge on any atom is -0.481 e. The first-order chi connectivity index (χ1) is 9.74. The highest BCUT2D eigenvalue weighted by atomic mass is 32.2. The molecule has 1 saturated heterocycles. The standard InChI is InChI=1S/C11H12N4O3S2/c16-7(17)5-19-10-8-9(12-6-13-10)14-11(20-8)15-1-3-18-4-2-15/h6H,1-5H2,(H,16,17). The Morgan fingerprint density at radius 2 is 2.25 bits per heavy atom. The topological polar surface area (TPSA) is 88.4 Å². The number of hydrogen-bond acceptors (Lipinski definition) is 8.